The molecule has 4 rings (SSSR count). The molecule has 2 heterocycles. The van der Waals surface area contributed by atoms with Gasteiger partial charge in [0, 0.05) is 21.5 Å². The molecule has 168 valence electrons. The molecule has 1 aromatic heterocycles. The number of ketones is 1. The summed E-state index contributed by atoms with van der Waals surface area (Å²) in [4.78, 5) is 14.4. The number of ether oxygens (including phenoxy) is 1. The highest BCUT2D eigenvalue weighted by atomic mass is 79.9. The van der Waals surface area contributed by atoms with Gasteiger partial charge in [0.1, 0.15) is 23.6 Å². The number of quaternary nitrogens is 1. The number of fused-ring (bicyclic) bond motifs is 2. The number of benzene rings is 2. The lowest BCUT2D eigenvalue weighted by atomic mass is 10.0. The fourth-order valence-corrected chi connectivity index (χ4v) is 4.48. The predicted octanol–water partition coefficient (Wildman–Crippen LogP) is 4.87. The Morgan fingerprint density at radius 2 is 1.81 bits per heavy atom. The number of allylic oxidation sites excluding steroid dienone is 1. The van der Waals surface area contributed by atoms with Crippen LogP contribution in [-0.4, -0.2) is 18.9 Å². The van der Waals surface area contributed by atoms with E-state index in [0.29, 0.717) is 29.2 Å². The van der Waals surface area contributed by atoms with E-state index in [9.17, 15) is 9.90 Å². The zero-order chi connectivity index (χ0) is 22.7. The van der Waals surface area contributed by atoms with Crippen LogP contribution in [0.15, 0.2) is 51.0 Å². The number of furan rings is 1. The van der Waals surface area contributed by atoms with Crippen LogP contribution in [0.5, 0.6) is 11.5 Å². The third kappa shape index (κ3) is 4.76. The fraction of sp³-hybridized carbons (Fsp3) is 0.346. The Labute approximate surface area is 196 Å². The maximum Gasteiger partial charge on any atom is 0.232 e. The number of carbonyl (C=O) groups is 1. The van der Waals surface area contributed by atoms with Gasteiger partial charge < -0.3 is 19.2 Å². The van der Waals surface area contributed by atoms with Gasteiger partial charge >= 0.3 is 0 Å². The minimum absolute atomic E-state index is 0.0723. The van der Waals surface area contributed by atoms with Crippen molar-refractivity contribution in [2.45, 2.75) is 46.1 Å². The second-order valence-electron chi connectivity index (χ2n) is 8.32. The molecule has 0 saturated carbocycles. The molecule has 2 aromatic carbocycles. The molecular weight excluding hydrogens is 470 g/mol. The highest BCUT2D eigenvalue weighted by Crippen LogP contribution is 2.38. The normalized spacial score (nSPS) is 14.5. The summed E-state index contributed by atoms with van der Waals surface area (Å²) in [6, 6.07) is 10.7. The third-order valence-electron chi connectivity index (χ3n) is 5.86. The van der Waals surface area contributed by atoms with Crippen LogP contribution in [0.1, 0.15) is 61.2 Å². The SMILES string of the molecule is CCCC[NH+](CCCC)Cc1c([O-])ccc2c1O/C(=C\c1cc3cc(Br)ccc3o1)C2=O. The van der Waals surface area contributed by atoms with Gasteiger partial charge in [-0.3, -0.25) is 4.79 Å². The highest BCUT2D eigenvalue weighted by molar-refractivity contribution is 9.10. The van der Waals surface area contributed by atoms with Crippen LogP contribution in [0, 0.1) is 0 Å². The topological polar surface area (TPSA) is 66.9 Å². The zero-order valence-electron chi connectivity index (χ0n) is 18.5. The molecule has 1 aliphatic heterocycles. The van der Waals surface area contributed by atoms with E-state index in [2.05, 4.69) is 29.8 Å². The van der Waals surface area contributed by atoms with Crippen molar-refractivity contribution < 1.29 is 24.0 Å². The number of carbonyl (C=O) groups excluding carboxylic acids is 1. The standard InChI is InChI=1S/C26H28BrNO4/c1-3-5-11-28(12-6-4-2)16-21-22(29)9-8-20-25(30)24(32-26(20)21)15-19-14-17-13-18(27)7-10-23(17)31-19/h7-10,13-15,29H,3-6,11-12,16H2,1-2H3/b24-15-. The zero-order valence-corrected chi connectivity index (χ0v) is 20.1. The van der Waals surface area contributed by atoms with Crippen LogP contribution < -0.4 is 14.7 Å². The van der Waals surface area contributed by atoms with Crippen LogP contribution in [0.3, 0.4) is 0 Å². The molecule has 0 atom stereocenters. The number of unbranched alkanes of at least 4 members (excludes halogenated alkanes) is 2. The summed E-state index contributed by atoms with van der Waals surface area (Å²) in [5.41, 5.74) is 1.78. The molecule has 0 bridgehead atoms. The summed E-state index contributed by atoms with van der Waals surface area (Å²) >= 11 is 3.46. The lowest BCUT2D eigenvalue weighted by molar-refractivity contribution is -0.914. The van der Waals surface area contributed by atoms with Crippen molar-refractivity contribution in [3.8, 4) is 11.5 Å². The Kier molecular flexibility index (Phi) is 7.01. The van der Waals surface area contributed by atoms with E-state index in [1.54, 1.807) is 12.1 Å². The Morgan fingerprint density at radius 3 is 2.53 bits per heavy atom. The van der Waals surface area contributed by atoms with Crippen LogP contribution in [-0.2, 0) is 6.54 Å². The van der Waals surface area contributed by atoms with Crippen LogP contribution in [0.25, 0.3) is 17.0 Å². The molecule has 3 aromatic rings. The van der Waals surface area contributed by atoms with Gasteiger partial charge in [0.2, 0.25) is 5.78 Å². The Hall–Kier alpha value is -2.57. The number of rotatable bonds is 9. The van der Waals surface area contributed by atoms with Crippen molar-refractivity contribution in [3.63, 3.8) is 0 Å². The molecule has 0 radical (unpaired) electrons. The minimum atomic E-state index is -0.216. The van der Waals surface area contributed by atoms with Crippen LogP contribution in [0.4, 0.5) is 0 Å². The second-order valence-corrected chi connectivity index (χ2v) is 9.24. The molecular formula is C26H28BrNO4. The van der Waals surface area contributed by atoms with E-state index in [-0.39, 0.29) is 17.3 Å². The van der Waals surface area contributed by atoms with Crippen molar-refractivity contribution in [3.05, 3.63) is 63.5 Å². The molecule has 0 aliphatic carbocycles. The Morgan fingerprint density at radius 1 is 1.06 bits per heavy atom. The quantitative estimate of drug-likeness (QED) is 0.428. The van der Waals surface area contributed by atoms with Gasteiger partial charge in [-0.2, -0.15) is 0 Å². The predicted molar refractivity (Wildman–Crippen MR) is 127 cm³/mol. The molecule has 0 unspecified atom stereocenters. The number of hydrogen-bond donors (Lipinski definition) is 1. The number of nitrogens with one attached hydrogen (secondary N) is 1. The van der Waals surface area contributed by atoms with Gasteiger partial charge in [-0.05, 0) is 43.2 Å². The largest absolute Gasteiger partial charge is 0.872 e. The summed E-state index contributed by atoms with van der Waals surface area (Å²) in [5.74, 6) is 0.853. The van der Waals surface area contributed by atoms with Gasteiger partial charge in [0.25, 0.3) is 0 Å². The lowest BCUT2D eigenvalue weighted by Crippen LogP contribution is -3.10. The van der Waals surface area contributed by atoms with Crippen molar-refractivity contribution in [2.75, 3.05) is 13.1 Å². The molecule has 5 nitrogen and oxygen atoms in total. The van der Waals surface area contributed by atoms with Gasteiger partial charge in [0.05, 0.1) is 18.7 Å². The van der Waals surface area contributed by atoms with E-state index < -0.39 is 0 Å². The fourth-order valence-electron chi connectivity index (χ4n) is 4.10. The first kappa shape index (κ1) is 22.6. The molecule has 6 heteroatoms. The smallest absolute Gasteiger partial charge is 0.232 e. The van der Waals surface area contributed by atoms with Crippen molar-refractivity contribution in [1.29, 1.82) is 0 Å². The average molecular weight is 498 g/mol. The summed E-state index contributed by atoms with van der Waals surface area (Å²) in [7, 11) is 0. The van der Waals surface area contributed by atoms with E-state index in [0.717, 1.165) is 54.2 Å². The Bertz CT molecular complexity index is 1160. The van der Waals surface area contributed by atoms with Crippen molar-refractivity contribution in [1.82, 2.24) is 0 Å². The molecule has 0 saturated heterocycles. The summed E-state index contributed by atoms with van der Waals surface area (Å²) in [6.45, 7) is 6.93. The third-order valence-corrected chi connectivity index (χ3v) is 6.36. The average Bonchev–Trinajstić information content (AvgIpc) is 3.31. The maximum atomic E-state index is 13.0. The van der Waals surface area contributed by atoms with Gasteiger partial charge in [-0.15, -0.1) is 0 Å². The van der Waals surface area contributed by atoms with E-state index >= 15 is 0 Å². The van der Waals surface area contributed by atoms with Crippen molar-refractivity contribution in [2.24, 2.45) is 0 Å². The molecule has 0 amide bonds. The molecule has 1 aliphatic rings. The van der Waals surface area contributed by atoms with Crippen molar-refractivity contribution >= 4 is 38.8 Å². The monoisotopic (exact) mass is 497 g/mol. The molecule has 0 spiro atoms. The highest BCUT2D eigenvalue weighted by Gasteiger charge is 2.31. The van der Waals surface area contributed by atoms with Gasteiger partial charge in [-0.25, -0.2) is 0 Å². The van der Waals surface area contributed by atoms with E-state index in [1.165, 1.54) is 11.0 Å². The maximum absolute atomic E-state index is 13.0. The summed E-state index contributed by atoms with van der Waals surface area (Å²) < 4.78 is 12.8. The first-order valence-electron chi connectivity index (χ1n) is 11.3. The lowest BCUT2D eigenvalue weighted by Gasteiger charge is -2.23. The number of hydrogen-bond acceptors (Lipinski definition) is 4. The minimum Gasteiger partial charge on any atom is -0.872 e. The van der Waals surface area contributed by atoms with Crippen LogP contribution in [0.2, 0.25) is 0 Å². The first-order chi connectivity index (χ1) is 15.5. The second kappa shape index (κ2) is 9.92. The summed E-state index contributed by atoms with van der Waals surface area (Å²) in [5, 5.41) is 13.7. The molecule has 32 heavy (non-hydrogen) atoms. The molecule has 1 N–H and O–H groups in total. The summed E-state index contributed by atoms with van der Waals surface area (Å²) in [6.07, 6.45) is 6.05. The first-order valence-corrected chi connectivity index (χ1v) is 12.1. The number of halogens is 1. The van der Waals surface area contributed by atoms with Gasteiger partial charge in [-0.1, -0.05) is 54.4 Å². The van der Waals surface area contributed by atoms with E-state index in [1.807, 2.05) is 24.3 Å². The van der Waals surface area contributed by atoms with E-state index in [4.69, 9.17) is 9.15 Å². The van der Waals surface area contributed by atoms with Crippen LogP contribution >= 0.6 is 15.9 Å². The Balaban J connectivity index is 1.63. The molecule has 0 fully saturated rings. The number of Topliss-reactive ketones (excluding diaryl/α,β-unsaturated/α-hetero) is 1. The van der Waals surface area contributed by atoms with Gasteiger partial charge in [0.15, 0.2) is 5.76 Å².